The molecule has 0 fully saturated rings. The quantitative estimate of drug-likeness (QED) is 0.892. The molecule has 0 saturated carbocycles. The Kier molecular flexibility index (Phi) is 3.92. The molecule has 108 valence electrons. The van der Waals surface area contributed by atoms with Gasteiger partial charge in [0.05, 0.1) is 24.1 Å². The normalized spacial score (nSPS) is 13.2. The summed E-state index contributed by atoms with van der Waals surface area (Å²) in [5.41, 5.74) is 1.31. The number of hydrogen-bond acceptors (Lipinski definition) is 3. The maximum Gasteiger partial charge on any atom is 0.255 e. The molecule has 2 N–H and O–H groups in total. The second-order valence-electron chi connectivity index (χ2n) is 6.06. The Morgan fingerprint density at radius 3 is 2.75 bits per heavy atom. The van der Waals surface area contributed by atoms with E-state index in [-0.39, 0.29) is 17.4 Å². The van der Waals surface area contributed by atoms with Crippen molar-refractivity contribution in [1.82, 2.24) is 25.1 Å². The number of imidazole rings is 1. The highest BCUT2D eigenvalue weighted by Gasteiger charge is 2.27. The lowest BCUT2D eigenvalue weighted by Gasteiger charge is -2.31. The van der Waals surface area contributed by atoms with Gasteiger partial charge in [0.25, 0.3) is 5.91 Å². The molecule has 0 aliphatic heterocycles. The lowest BCUT2D eigenvalue weighted by molar-refractivity contribution is 0.0892. The number of aromatic amines is 1. The van der Waals surface area contributed by atoms with Crippen LogP contribution in [0.5, 0.6) is 0 Å². The number of aryl methyl sites for hydroxylation is 1. The van der Waals surface area contributed by atoms with Crippen molar-refractivity contribution in [1.29, 1.82) is 0 Å². The molecule has 6 nitrogen and oxygen atoms in total. The van der Waals surface area contributed by atoms with Gasteiger partial charge in [-0.1, -0.05) is 20.8 Å². The van der Waals surface area contributed by atoms with E-state index in [0.717, 1.165) is 5.69 Å². The van der Waals surface area contributed by atoms with Crippen LogP contribution in [0, 0.1) is 12.3 Å². The van der Waals surface area contributed by atoms with Gasteiger partial charge in [-0.05, 0) is 12.3 Å². The van der Waals surface area contributed by atoms with Crippen LogP contribution in [0.15, 0.2) is 24.9 Å². The highest BCUT2D eigenvalue weighted by Crippen LogP contribution is 2.21. The van der Waals surface area contributed by atoms with Crippen LogP contribution in [0.3, 0.4) is 0 Å². The summed E-state index contributed by atoms with van der Waals surface area (Å²) in [7, 11) is 0. The number of hydrogen-bond donors (Lipinski definition) is 2. The van der Waals surface area contributed by atoms with Crippen LogP contribution in [0.2, 0.25) is 0 Å². The van der Waals surface area contributed by atoms with Crippen molar-refractivity contribution in [3.05, 3.63) is 36.2 Å². The van der Waals surface area contributed by atoms with E-state index in [1.165, 1.54) is 0 Å². The van der Waals surface area contributed by atoms with Gasteiger partial charge in [0.2, 0.25) is 0 Å². The molecule has 0 spiro atoms. The Labute approximate surface area is 118 Å². The maximum atomic E-state index is 12.3. The Hall–Kier alpha value is -2.11. The number of amides is 1. The summed E-state index contributed by atoms with van der Waals surface area (Å²) in [5.74, 6) is -0.101. The fraction of sp³-hybridized carbons (Fsp3) is 0.500. The first-order valence-corrected chi connectivity index (χ1v) is 6.64. The van der Waals surface area contributed by atoms with Crippen molar-refractivity contribution >= 4 is 5.91 Å². The third kappa shape index (κ3) is 3.26. The summed E-state index contributed by atoms with van der Waals surface area (Å²) < 4.78 is 1.97. The van der Waals surface area contributed by atoms with Crippen LogP contribution in [-0.4, -0.2) is 31.7 Å². The summed E-state index contributed by atoms with van der Waals surface area (Å²) in [6, 6.07) is -0.00139. The average molecular weight is 275 g/mol. The van der Waals surface area contributed by atoms with Crippen molar-refractivity contribution in [2.45, 2.75) is 40.3 Å². The molecular weight excluding hydrogens is 254 g/mol. The van der Waals surface area contributed by atoms with E-state index in [2.05, 4.69) is 41.3 Å². The fourth-order valence-electron chi connectivity index (χ4n) is 1.96. The molecule has 0 aliphatic rings. The molecule has 20 heavy (non-hydrogen) atoms. The largest absolute Gasteiger partial charge is 0.347 e. The minimum atomic E-state index is -0.101. The minimum absolute atomic E-state index is 0.00139. The molecule has 1 unspecified atom stereocenters. The highest BCUT2D eigenvalue weighted by molar-refractivity contribution is 5.95. The van der Waals surface area contributed by atoms with Gasteiger partial charge < -0.3 is 9.88 Å². The first-order chi connectivity index (χ1) is 9.38. The molecule has 6 heteroatoms. The SMILES string of the molecule is Cc1[nH]ncc1C(=O)NC(Cn1ccnc1)C(C)(C)C. The van der Waals surface area contributed by atoms with Gasteiger partial charge in [-0.25, -0.2) is 4.98 Å². The Bertz CT molecular complexity index is 565. The van der Waals surface area contributed by atoms with Crippen LogP contribution in [0.1, 0.15) is 36.8 Å². The molecule has 0 saturated heterocycles. The molecule has 0 bridgehead atoms. The predicted octanol–water partition coefficient (Wildman–Crippen LogP) is 1.76. The first kappa shape index (κ1) is 14.3. The van der Waals surface area contributed by atoms with Crippen molar-refractivity contribution in [3.8, 4) is 0 Å². The van der Waals surface area contributed by atoms with Crippen LogP contribution >= 0.6 is 0 Å². The first-order valence-electron chi connectivity index (χ1n) is 6.64. The second kappa shape index (κ2) is 5.48. The number of nitrogens with one attached hydrogen (secondary N) is 2. The molecule has 2 rings (SSSR count). The lowest BCUT2D eigenvalue weighted by atomic mass is 9.86. The van der Waals surface area contributed by atoms with Gasteiger partial charge in [-0.2, -0.15) is 5.10 Å². The van der Waals surface area contributed by atoms with Crippen LogP contribution in [0.4, 0.5) is 0 Å². The van der Waals surface area contributed by atoms with E-state index in [9.17, 15) is 4.79 Å². The Morgan fingerprint density at radius 2 is 2.25 bits per heavy atom. The van der Waals surface area contributed by atoms with Crippen molar-refractivity contribution in [3.63, 3.8) is 0 Å². The maximum absolute atomic E-state index is 12.3. The topological polar surface area (TPSA) is 75.6 Å². The molecule has 1 atom stereocenters. The summed E-state index contributed by atoms with van der Waals surface area (Å²) in [4.78, 5) is 16.4. The molecule has 0 aliphatic carbocycles. The van der Waals surface area contributed by atoms with Crippen molar-refractivity contribution < 1.29 is 4.79 Å². The van der Waals surface area contributed by atoms with Crippen LogP contribution in [-0.2, 0) is 6.54 Å². The van der Waals surface area contributed by atoms with Crippen LogP contribution < -0.4 is 5.32 Å². The highest BCUT2D eigenvalue weighted by atomic mass is 16.1. The summed E-state index contributed by atoms with van der Waals surface area (Å²) in [5, 5.41) is 9.76. The monoisotopic (exact) mass is 275 g/mol. The smallest absolute Gasteiger partial charge is 0.255 e. The van der Waals surface area contributed by atoms with Gasteiger partial charge in [0.1, 0.15) is 0 Å². The van der Waals surface area contributed by atoms with E-state index in [1.807, 2.05) is 17.7 Å². The zero-order chi connectivity index (χ0) is 14.8. The fourth-order valence-corrected chi connectivity index (χ4v) is 1.96. The van der Waals surface area contributed by atoms with E-state index >= 15 is 0 Å². The number of rotatable bonds is 4. The molecule has 2 heterocycles. The predicted molar refractivity (Wildman–Crippen MR) is 76.3 cm³/mol. The Balaban J connectivity index is 2.12. The third-order valence-corrected chi connectivity index (χ3v) is 3.38. The lowest BCUT2D eigenvalue weighted by Crippen LogP contribution is -2.46. The second-order valence-corrected chi connectivity index (χ2v) is 6.06. The van der Waals surface area contributed by atoms with Crippen molar-refractivity contribution in [2.75, 3.05) is 0 Å². The van der Waals surface area contributed by atoms with E-state index in [4.69, 9.17) is 0 Å². The molecule has 2 aromatic rings. The van der Waals surface area contributed by atoms with Gasteiger partial charge in [0.15, 0.2) is 0 Å². The zero-order valence-electron chi connectivity index (χ0n) is 12.3. The molecule has 0 aromatic carbocycles. The number of nitrogens with zero attached hydrogens (tertiary/aromatic N) is 3. The minimum Gasteiger partial charge on any atom is -0.347 e. The molecule has 1 amide bonds. The summed E-state index contributed by atoms with van der Waals surface area (Å²) in [6.45, 7) is 8.85. The molecule has 0 radical (unpaired) electrons. The zero-order valence-corrected chi connectivity index (χ0v) is 12.3. The van der Waals surface area contributed by atoms with Gasteiger partial charge in [-0.15, -0.1) is 0 Å². The summed E-state index contributed by atoms with van der Waals surface area (Å²) in [6.07, 6.45) is 6.95. The molecular formula is C14H21N5O. The van der Waals surface area contributed by atoms with Crippen LogP contribution in [0.25, 0.3) is 0 Å². The van der Waals surface area contributed by atoms with E-state index in [0.29, 0.717) is 12.1 Å². The van der Waals surface area contributed by atoms with Crippen molar-refractivity contribution in [2.24, 2.45) is 5.41 Å². The van der Waals surface area contributed by atoms with E-state index < -0.39 is 0 Å². The molecule has 2 aromatic heterocycles. The summed E-state index contributed by atoms with van der Waals surface area (Å²) >= 11 is 0. The third-order valence-electron chi connectivity index (χ3n) is 3.38. The van der Waals surface area contributed by atoms with Gasteiger partial charge in [-0.3, -0.25) is 9.89 Å². The van der Waals surface area contributed by atoms with Gasteiger partial charge in [0, 0.05) is 24.6 Å². The standard InChI is InChI=1S/C14H21N5O/c1-10-11(7-16-18-10)13(20)17-12(14(2,3)4)8-19-6-5-15-9-19/h5-7,9,12H,8H2,1-4H3,(H,16,18)(H,17,20). The number of carbonyl (C=O) groups is 1. The number of carbonyl (C=O) groups excluding carboxylic acids is 1. The average Bonchev–Trinajstić information content (AvgIpc) is 2.98. The van der Waals surface area contributed by atoms with E-state index in [1.54, 1.807) is 18.7 Å². The Morgan fingerprint density at radius 1 is 1.50 bits per heavy atom. The number of aromatic nitrogens is 4. The van der Waals surface area contributed by atoms with Gasteiger partial charge >= 0.3 is 0 Å². The number of H-pyrrole nitrogens is 1.